The lowest BCUT2D eigenvalue weighted by atomic mass is 10.1. The van der Waals surface area contributed by atoms with Gasteiger partial charge in [0.05, 0.1) is 11.0 Å². The molecule has 0 bridgehead atoms. The van der Waals surface area contributed by atoms with Crippen LogP contribution in [0.25, 0.3) is 11.0 Å². The van der Waals surface area contributed by atoms with E-state index in [-0.39, 0.29) is 23.3 Å². The van der Waals surface area contributed by atoms with Gasteiger partial charge in [0.15, 0.2) is 0 Å². The molecule has 0 aliphatic carbocycles. The highest BCUT2D eigenvalue weighted by Crippen LogP contribution is 2.16. The van der Waals surface area contributed by atoms with E-state index in [0.29, 0.717) is 31.6 Å². The zero-order valence-corrected chi connectivity index (χ0v) is 17.0. The Hall–Kier alpha value is -2.52. The van der Waals surface area contributed by atoms with Crippen LogP contribution in [0.2, 0.25) is 0 Å². The Labute approximate surface area is 162 Å². The highest BCUT2D eigenvalue weighted by molar-refractivity contribution is 5.94. The van der Waals surface area contributed by atoms with Crippen LogP contribution in [0, 0.1) is 0 Å². The molecule has 0 aromatic carbocycles. The summed E-state index contributed by atoms with van der Waals surface area (Å²) in [5, 5.41) is 10.3. The first kappa shape index (κ1) is 20.2. The minimum atomic E-state index is -0.789. The number of rotatable bonds is 3. The molecule has 1 N–H and O–H groups in total. The molecule has 3 heterocycles. The van der Waals surface area contributed by atoms with Gasteiger partial charge in [0.1, 0.15) is 11.3 Å². The van der Waals surface area contributed by atoms with Gasteiger partial charge >= 0.3 is 5.69 Å². The maximum atomic E-state index is 13.0. The van der Waals surface area contributed by atoms with Crippen molar-refractivity contribution in [1.82, 2.24) is 23.9 Å². The molecule has 1 amide bonds. The van der Waals surface area contributed by atoms with Crippen molar-refractivity contribution >= 4 is 16.9 Å². The van der Waals surface area contributed by atoms with Crippen molar-refractivity contribution in [3.8, 4) is 0 Å². The summed E-state index contributed by atoms with van der Waals surface area (Å²) in [7, 11) is 2.95. The van der Waals surface area contributed by atoms with Gasteiger partial charge in [-0.1, -0.05) is 0 Å². The standard InChI is InChI=1S/C19H27N5O4/c1-12-10-23(11-19(2,3)28)8-9-24(12)17(26)14-7-6-13-15(20-14)21(4)18(27)22(5)16(13)25/h6-7,12,28H,8-11H2,1-5H3/t12-/m1/s1. The lowest BCUT2D eigenvalue weighted by Gasteiger charge is -2.41. The number of aryl methyl sites for hydroxylation is 1. The third kappa shape index (κ3) is 3.72. The van der Waals surface area contributed by atoms with Gasteiger partial charge in [-0.15, -0.1) is 0 Å². The van der Waals surface area contributed by atoms with E-state index < -0.39 is 16.9 Å². The maximum Gasteiger partial charge on any atom is 0.332 e. The number of hydrogen-bond acceptors (Lipinski definition) is 6. The normalized spacial score (nSPS) is 18.6. The zero-order chi connectivity index (χ0) is 20.8. The first-order valence-corrected chi connectivity index (χ1v) is 9.32. The van der Waals surface area contributed by atoms with Crippen molar-refractivity contribution in [2.24, 2.45) is 14.1 Å². The number of amides is 1. The van der Waals surface area contributed by atoms with Crippen molar-refractivity contribution < 1.29 is 9.90 Å². The van der Waals surface area contributed by atoms with Gasteiger partial charge in [0.25, 0.3) is 11.5 Å². The molecule has 152 valence electrons. The van der Waals surface area contributed by atoms with Crippen LogP contribution in [-0.2, 0) is 14.1 Å². The number of carbonyl (C=O) groups is 1. The molecule has 1 saturated heterocycles. The number of carbonyl (C=O) groups excluding carboxylic acids is 1. The third-order valence-electron chi connectivity index (χ3n) is 5.10. The number of piperazine rings is 1. The average Bonchev–Trinajstić information content (AvgIpc) is 2.62. The van der Waals surface area contributed by atoms with E-state index >= 15 is 0 Å². The Kier molecular flexibility index (Phi) is 5.16. The predicted molar refractivity (Wildman–Crippen MR) is 105 cm³/mol. The molecular formula is C19H27N5O4. The zero-order valence-electron chi connectivity index (χ0n) is 17.0. The average molecular weight is 389 g/mol. The van der Waals surface area contributed by atoms with Gasteiger partial charge < -0.3 is 10.0 Å². The highest BCUT2D eigenvalue weighted by atomic mass is 16.3. The predicted octanol–water partition coefficient (Wildman–Crippen LogP) is -0.451. The molecule has 3 rings (SSSR count). The van der Waals surface area contributed by atoms with Crippen LogP contribution in [0.4, 0.5) is 0 Å². The molecule has 0 saturated carbocycles. The van der Waals surface area contributed by atoms with E-state index in [1.165, 1.54) is 24.7 Å². The fourth-order valence-electron chi connectivity index (χ4n) is 3.75. The smallest absolute Gasteiger partial charge is 0.332 e. The molecule has 1 atom stereocenters. The van der Waals surface area contributed by atoms with E-state index in [4.69, 9.17) is 0 Å². The minimum absolute atomic E-state index is 0.0476. The van der Waals surface area contributed by atoms with E-state index in [0.717, 1.165) is 4.57 Å². The number of fused-ring (bicyclic) bond motifs is 1. The molecule has 9 heteroatoms. The minimum Gasteiger partial charge on any atom is -0.389 e. The van der Waals surface area contributed by atoms with Crippen LogP contribution in [0.3, 0.4) is 0 Å². The molecule has 0 radical (unpaired) electrons. The van der Waals surface area contributed by atoms with E-state index in [1.807, 2.05) is 6.92 Å². The van der Waals surface area contributed by atoms with Crippen LogP contribution < -0.4 is 11.2 Å². The molecule has 2 aromatic rings. The SMILES string of the molecule is C[C@@H]1CN(CC(C)(C)O)CCN1C(=O)c1ccc2c(=O)n(C)c(=O)n(C)c2n1. The van der Waals surface area contributed by atoms with Gasteiger partial charge in [0, 0.05) is 46.3 Å². The number of nitrogens with zero attached hydrogens (tertiary/aromatic N) is 5. The summed E-state index contributed by atoms with van der Waals surface area (Å²) < 4.78 is 2.30. The number of hydrogen-bond donors (Lipinski definition) is 1. The van der Waals surface area contributed by atoms with Gasteiger partial charge in [-0.25, -0.2) is 9.78 Å². The molecule has 0 unspecified atom stereocenters. The highest BCUT2D eigenvalue weighted by Gasteiger charge is 2.31. The molecule has 1 aliphatic heterocycles. The van der Waals surface area contributed by atoms with Crippen LogP contribution in [0.1, 0.15) is 31.3 Å². The lowest BCUT2D eigenvalue weighted by molar-refractivity contribution is 0.00562. The van der Waals surface area contributed by atoms with E-state index in [1.54, 1.807) is 24.8 Å². The van der Waals surface area contributed by atoms with Crippen LogP contribution in [-0.4, -0.2) is 72.8 Å². The van der Waals surface area contributed by atoms with Crippen molar-refractivity contribution in [3.63, 3.8) is 0 Å². The van der Waals surface area contributed by atoms with Crippen molar-refractivity contribution in [1.29, 1.82) is 0 Å². The maximum absolute atomic E-state index is 13.0. The third-order valence-corrected chi connectivity index (χ3v) is 5.10. The Morgan fingerprint density at radius 3 is 2.50 bits per heavy atom. The van der Waals surface area contributed by atoms with Crippen molar-refractivity contribution in [2.75, 3.05) is 26.2 Å². The Bertz CT molecular complexity index is 1030. The molecular weight excluding hydrogens is 362 g/mol. The van der Waals surface area contributed by atoms with Crippen LogP contribution in [0.5, 0.6) is 0 Å². The Morgan fingerprint density at radius 2 is 1.89 bits per heavy atom. The summed E-state index contributed by atoms with van der Waals surface area (Å²) in [5.74, 6) is -0.231. The second-order valence-electron chi connectivity index (χ2n) is 8.17. The Balaban J connectivity index is 1.88. The second kappa shape index (κ2) is 7.14. The molecule has 9 nitrogen and oxygen atoms in total. The first-order valence-electron chi connectivity index (χ1n) is 9.32. The second-order valence-corrected chi connectivity index (χ2v) is 8.17. The summed E-state index contributed by atoms with van der Waals surface area (Å²) in [6.07, 6.45) is 0. The number of aromatic nitrogens is 3. The van der Waals surface area contributed by atoms with Crippen molar-refractivity contribution in [3.05, 3.63) is 38.7 Å². The summed E-state index contributed by atoms with van der Waals surface area (Å²) in [4.78, 5) is 45.7. The molecule has 1 fully saturated rings. The van der Waals surface area contributed by atoms with Crippen molar-refractivity contribution in [2.45, 2.75) is 32.4 Å². The first-order chi connectivity index (χ1) is 13.0. The summed E-state index contributed by atoms with van der Waals surface area (Å²) in [6, 6.07) is 3.03. The largest absolute Gasteiger partial charge is 0.389 e. The molecule has 2 aromatic heterocycles. The van der Waals surface area contributed by atoms with Gasteiger partial charge in [-0.2, -0.15) is 0 Å². The molecule has 28 heavy (non-hydrogen) atoms. The van der Waals surface area contributed by atoms with Gasteiger partial charge in [0.2, 0.25) is 0 Å². The van der Waals surface area contributed by atoms with Gasteiger partial charge in [-0.05, 0) is 32.9 Å². The number of pyridine rings is 1. The number of β-amino-alcohol motifs (C(OH)–C–C–N with tert-alkyl or cyclic N) is 1. The monoisotopic (exact) mass is 389 g/mol. The number of aliphatic hydroxyl groups is 1. The summed E-state index contributed by atoms with van der Waals surface area (Å²) in [5.41, 5.74) is -1.30. The van der Waals surface area contributed by atoms with E-state index in [2.05, 4.69) is 9.88 Å². The fraction of sp³-hybridized carbons (Fsp3) is 0.579. The summed E-state index contributed by atoms with van der Waals surface area (Å²) >= 11 is 0. The fourth-order valence-corrected chi connectivity index (χ4v) is 3.75. The quantitative estimate of drug-likeness (QED) is 0.763. The molecule has 0 spiro atoms. The Morgan fingerprint density at radius 1 is 1.21 bits per heavy atom. The van der Waals surface area contributed by atoms with Crippen LogP contribution in [0.15, 0.2) is 21.7 Å². The summed E-state index contributed by atoms with van der Waals surface area (Å²) in [6.45, 7) is 7.87. The molecule has 1 aliphatic rings. The van der Waals surface area contributed by atoms with E-state index in [9.17, 15) is 19.5 Å². The van der Waals surface area contributed by atoms with Crippen LogP contribution >= 0.6 is 0 Å². The topological polar surface area (TPSA) is 101 Å². The lowest BCUT2D eigenvalue weighted by Crippen LogP contribution is -2.56. The van der Waals surface area contributed by atoms with Gasteiger partial charge in [-0.3, -0.25) is 23.6 Å².